The molecule has 0 aliphatic carbocycles. The SMILES string of the molecule is CCOc1cc(B2OC(C)(C)C(C)(C)O2)ccc1OCC(=O)[O-]. The van der Waals surface area contributed by atoms with Gasteiger partial charge in [0.2, 0.25) is 0 Å². The fourth-order valence-corrected chi connectivity index (χ4v) is 2.17. The van der Waals surface area contributed by atoms with Crippen molar-refractivity contribution in [3.8, 4) is 11.5 Å². The standard InChI is InChI=1S/C16H23BO6/c1-6-20-13-9-11(7-8-12(13)21-10-14(18)19)17-22-15(2,3)16(4,5)23-17/h7-9H,6,10H2,1-5H3,(H,18,19)/p-1. The molecule has 0 N–H and O–H groups in total. The maximum atomic E-state index is 10.5. The number of benzene rings is 1. The first kappa shape index (κ1) is 17.6. The largest absolute Gasteiger partial charge is 0.546 e. The number of carbonyl (C=O) groups is 1. The Labute approximate surface area is 136 Å². The third kappa shape index (κ3) is 3.79. The second kappa shape index (κ2) is 6.41. The average molecular weight is 321 g/mol. The fraction of sp³-hybridized carbons (Fsp3) is 0.562. The van der Waals surface area contributed by atoms with E-state index in [1.165, 1.54) is 0 Å². The van der Waals surface area contributed by atoms with E-state index in [1.54, 1.807) is 18.2 Å². The van der Waals surface area contributed by atoms with Crippen molar-refractivity contribution in [3.63, 3.8) is 0 Å². The second-order valence-corrected chi connectivity index (χ2v) is 6.39. The second-order valence-electron chi connectivity index (χ2n) is 6.39. The highest BCUT2D eigenvalue weighted by Crippen LogP contribution is 2.37. The van der Waals surface area contributed by atoms with Crippen LogP contribution in [0.25, 0.3) is 0 Å². The van der Waals surface area contributed by atoms with Crippen LogP contribution >= 0.6 is 0 Å². The molecule has 0 unspecified atom stereocenters. The van der Waals surface area contributed by atoms with Crippen LogP contribution in [0.3, 0.4) is 0 Å². The Hall–Kier alpha value is -1.73. The van der Waals surface area contributed by atoms with Gasteiger partial charge in [-0.3, -0.25) is 0 Å². The van der Waals surface area contributed by atoms with Crippen LogP contribution in [0.4, 0.5) is 0 Å². The molecule has 0 atom stereocenters. The fourth-order valence-electron chi connectivity index (χ4n) is 2.17. The van der Waals surface area contributed by atoms with Crippen molar-refractivity contribution in [3.05, 3.63) is 18.2 Å². The zero-order valence-corrected chi connectivity index (χ0v) is 14.2. The van der Waals surface area contributed by atoms with Gasteiger partial charge < -0.3 is 28.7 Å². The van der Waals surface area contributed by atoms with Crippen LogP contribution < -0.4 is 20.0 Å². The van der Waals surface area contributed by atoms with Gasteiger partial charge in [-0.2, -0.15) is 0 Å². The van der Waals surface area contributed by atoms with E-state index in [2.05, 4.69) is 0 Å². The summed E-state index contributed by atoms with van der Waals surface area (Å²) in [5.41, 5.74) is -0.0887. The van der Waals surface area contributed by atoms with Gasteiger partial charge in [0.25, 0.3) is 0 Å². The van der Waals surface area contributed by atoms with E-state index in [4.69, 9.17) is 18.8 Å². The highest BCUT2D eigenvalue weighted by atomic mass is 16.7. The van der Waals surface area contributed by atoms with E-state index in [9.17, 15) is 9.90 Å². The smallest absolute Gasteiger partial charge is 0.494 e. The number of aliphatic carboxylic acids is 1. The lowest BCUT2D eigenvalue weighted by Crippen LogP contribution is -2.41. The Morgan fingerprint density at radius 2 is 1.74 bits per heavy atom. The molecule has 0 aromatic heterocycles. The Balaban J connectivity index is 2.24. The molecule has 0 spiro atoms. The minimum Gasteiger partial charge on any atom is -0.546 e. The molecule has 0 radical (unpaired) electrons. The summed E-state index contributed by atoms with van der Waals surface area (Å²) in [7, 11) is -0.519. The van der Waals surface area contributed by atoms with Gasteiger partial charge in [0.15, 0.2) is 11.5 Å². The topological polar surface area (TPSA) is 77.0 Å². The van der Waals surface area contributed by atoms with Crippen LogP contribution in [0.15, 0.2) is 18.2 Å². The summed E-state index contributed by atoms with van der Waals surface area (Å²) in [6.07, 6.45) is 0. The van der Waals surface area contributed by atoms with Gasteiger partial charge in [0, 0.05) is 0 Å². The first-order valence-corrected chi connectivity index (χ1v) is 7.61. The van der Waals surface area contributed by atoms with Gasteiger partial charge >= 0.3 is 7.12 Å². The number of carboxylic acid groups (broad SMARTS) is 1. The van der Waals surface area contributed by atoms with Crippen LogP contribution in [0.2, 0.25) is 0 Å². The summed E-state index contributed by atoms with van der Waals surface area (Å²) in [5.74, 6) is -0.500. The lowest BCUT2D eigenvalue weighted by molar-refractivity contribution is -0.307. The van der Waals surface area contributed by atoms with Crippen molar-refractivity contribution in [1.82, 2.24) is 0 Å². The lowest BCUT2D eigenvalue weighted by atomic mass is 9.79. The van der Waals surface area contributed by atoms with Gasteiger partial charge in [-0.1, -0.05) is 6.07 Å². The zero-order chi connectivity index (χ0) is 17.3. The maximum absolute atomic E-state index is 10.5. The molecule has 0 bridgehead atoms. The molecule has 1 aromatic rings. The summed E-state index contributed by atoms with van der Waals surface area (Å²) in [4.78, 5) is 10.5. The van der Waals surface area contributed by atoms with E-state index in [0.717, 1.165) is 5.46 Å². The third-order valence-corrected chi connectivity index (χ3v) is 4.14. The van der Waals surface area contributed by atoms with E-state index >= 15 is 0 Å². The zero-order valence-electron chi connectivity index (χ0n) is 14.2. The number of carbonyl (C=O) groups excluding carboxylic acids is 1. The predicted octanol–water partition coefficient (Wildman–Crippen LogP) is 0.513. The van der Waals surface area contributed by atoms with Crippen molar-refractivity contribution in [2.24, 2.45) is 0 Å². The molecular formula is C16H22BO6-. The average Bonchev–Trinajstić information content (AvgIpc) is 2.66. The summed E-state index contributed by atoms with van der Waals surface area (Å²) < 4.78 is 22.7. The Kier molecular flexibility index (Phi) is 4.91. The van der Waals surface area contributed by atoms with Crippen LogP contribution in [0.5, 0.6) is 11.5 Å². The highest BCUT2D eigenvalue weighted by Gasteiger charge is 2.51. The molecule has 1 heterocycles. The Morgan fingerprint density at radius 1 is 1.13 bits per heavy atom. The first-order valence-electron chi connectivity index (χ1n) is 7.61. The quantitative estimate of drug-likeness (QED) is 0.711. The molecule has 6 nitrogen and oxygen atoms in total. The molecular weight excluding hydrogens is 299 g/mol. The third-order valence-electron chi connectivity index (χ3n) is 4.14. The number of ether oxygens (including phenoxy) is 2. The minimum absolute atomic E-state index is 0.344. The van der Waals surface area contributed by atoms with Crippen LogP contribution in [0.1, 0.15) is 34.6 Å². The molecule has 0 saturated carbocycles. The van der Waals surface area contributed by atoms with Crippen molar-refractivity contribution in [1.29, 1.82) is 0 Å². The van der Waals surface area contributed by atoms with E-state index < -0.39 is 30.9 Å². The molecule has 0 amide bonds. The van der Waals surface area contributed by atoms with Gasteiger partial charge in [-0.05, 0) is 52.2 Å². The van der Waals surface area contributed by atoms with Gasteiger partial charge in [0.1, 0.15) is 6.61 Å². The van der Waals surface area contributed by atoms with Crippen LogP contribution in [-0.4, -0.2) is 37.5 Å². The molecule has 1 fully saturated rings. The highest BCUT2D eigenvalue weighted by molar-refractivity contribution is 6.62. The van der Waals surface area contributed by atoms with E-state index in [1.807, 2.05) is 34.6 Å². The molecule has 1 saturated heterocycles. The van der Waals surface area contributed by atoms with Crippen molar-refractivity contribution < 1.29 is 28.7 Å². The molecule has 1 aromatic carbocycles. The van der Waals surface area contributed by atoms with E-state index in [-0.39, 0.29) is 0 Å². The number of carboxylic acids is 1. The summed E-state index contributed by atoms with van der Waals surface area (Å²) >= 11 is 0. The molecule has 23 heavy (non-hydrogen) atoms. The maximum Gasteiger partial charge on any atom is 0.494 e. The predicted molar refractivity (Wildman–Crippen MR) is 83.8 cm³/mol. The Morgan fingerprint density at radius 3 is 2.26 bits per heavy atom. The molecule has 7 heteroatoms. The molecule has 2 rings (SSSR count). The molecule has 1 aliphatic heterocycles. The Bertz CT molecular complexity index is 568. The number of rotatable bonds is 6. The van der Waals surface area contributed by atoms with Crippen LogP contribution in [0, 0.1) is 0 Å². The minimum atomic E-state index is -1.29. The van der Waals surface area contributed by atoms with Gasteiger partial charge in [0.05, 0.1) is 23.8 Å². The number of hydrogen-bond acceptors (Lipinski definition) is 6. The van der Waals surface area contributed by atoms with Gasteiger partial charge in [-0.25, -0.2) is 0 Å². The summed E-state index contributed by atoms with van der Waals surface area (Å²) in [6.45, 7) is 9.65. The normalized spacial score (nSPS) is 18.7. The summed E-state index contributed by atoms with van der Waals surface area (Å²) in [5, 5.41) is 10.5. The molecule has 126 valence electrons. The van der Waals surface area contributed by atoms with Crippen molar-refractivity contribution in [2.75, 3.05) is 13.2 Å². The first-order chi connectivity index (χ1) is 10.7. The lowest BCUT2D eigenvalue weighted by Gasteiger charge is -2.32. The monoisotopic (exact) mass is 321 g/mol. The van der Waals surface area contributed by atoms with Crippen LogP contribution in [-0.2, 0) is 14.1 Å². The van der Waals surface area contributed by atoms with Crippen molar-refractivity contribution >= 4 is 18.6 Å². The number of hydrogen-bond donors (Lipinski definition) is 0. The van der Waals surface area contributed by atoms with Crippen molar-refractivity contribution in [2.45, 2.75) is 45.8 Å². The van der Waals surface area contributed by atoms with E-state index in [0.29, 0.717) is 18.1 Å². The molecule has 1 aliphatic rings. The summed E-state index contributed by atoms with van der Waals surface area (Å²) in [6, 6.07) is 5.17. The van der Waals surface area contributed by atoms with Gasteiger partial charge in [-0.15, -0.1) is 0 Å².